The monoisotopic (exact) mass is 534 g/mol. The molecule has 3 aromatic carbocycles. The molecule has 1 fully saturated rings. The summed E-state index contributed by atoms with van der Waals surface area (Å²) < 4.78 is 5.11. The van der Waals surface area contributed by atoms with Crippen molar-refractivity contribution >= 4 is 58.2 Å². The van der Waals surface area contributed by atoms with E-state index in [1.807, 2.05) is 53.4 Å². The molecule has 0 unspecified atom stereocenters. The van der Waals surface area contributed by atoms with Crippen LogP contribution in [0.25, 0.3) is 6.08 Å². The molecule has 1 saturated heterocycles. The highest BCUT2D eigenvalue weighted by molar-refractivity contribution is 7.80. The molecule has 0 atom stereocenters. The Balaban J connectivity index is 1.28. The summed E-state index contributed by atoms with van der Waals surface area (Å²) in [7, 11) is 1.57. The molecule has 1 heterocycles. The summed E-state index contributed by atoms with van der Waals surface area (Å²) in [6.45, 7) is 2.56. The van der Waals surface area contributed by atoms with Gasteiger partial charge >= 0.3 is 0 Å². The second-order valence-corrected chi connectivity index (χ2v) is 9.17. The van der Waals surface area contributed by atoms with Crippen LogP contribution in [0.5, 0.6) is 5.75 Å². The number of halogens is 1. The maximum Gasteiger partial charge on any atom is 0.257 e. The largest absolute Gasteiger partial charge is 0.497 e. The number of carbonyl (C=O) groups excluding carboxylic acids is 2. The lowest BCUT2D eigenvalue weighted by atomic mass is 10.2. The molecule has 4 rings (SSSR count). The summed E-state index contributed by atoms with van der Waals surface area (Å²) in [5.41, 5.74) is 3.00. The van der Waals surface area contributed by atoms with E-state index in [-0.39, 0.29) is 16.9 Å². The van der Waals surface area contributed by atoms with E-state index in [9.17, 15) is 9.59 Å². The standard InChI is InChI=1S/C28H27ClN4O3S/c1-36-23-11-8-21(9-12-23)27(35)31-28(37)30-22-10-13-25(24(29)19-22)32-15-17-33(18-16-32)26(34)14-7-20-5-3-2-4-6-20/h2-14,19H,15-18H2,1H3,(H2,30,31,35,37)/b14-7+. The van der Waals surface area contributed by atoms with Crippen molar-refractivity contribution in [2.75, 3.05) is 43.5 Å². The predicted octanol–water partition coefficient (Wildman–Crippen LogP) is 4.84. The van der Waals surface area contributed by atoms with E-state index < -0.39 is 0 Å². The number of benzene rings is 3. The van der Waals surface area contributed by atoms with Crippen LogP contribution >= 0.6 is 23.8 Å². The van der Waals surface area contributed by atoms with Crippen LogP contribution in [-0.2, 0) is 4.79 Å². The first-order chi connectivity index (χ1) is 17.9. The highest BCUT2D eigenvalue weighted by Gasteiger charge is 2.21. The van der Waals surface area contributed by atoms with E-state index in [0.29, 0.717) is 48.2 Å². The normalized spacial score (nSPS) is 13.4. The third-order valence-electron chi connectivity index (χ3n) is 5.93. The van der Waals surface area contributed by atoms with E-state index in [1.165, 1.54) is 0 Å². The van der Waals surface area contributed by atoms with E-state index in [0.717, 1.165) is 11.3 Å². The molecule has 3 aromatic rings. The molecule has 0 aromatic heterocycles. The molecule has 0 aliphatic carbocycles. The van der Waals surface area contributed by atoms with E-state index in [2.05, 4.69) is 15.5 Å². The fraction of sp³-hybridized carbons (Fsp3) is 0.179. The lowest BCUT2D eigenvalue weighted by molar-refractivity contribution is -0.126. The molecule has 0 bridgehead atoms. The van der Waals surface area contributed by atoms with Gasteiger partial charge in [-0.1, -0.05) is 41.9 Å². The van der Waals surface area contributed by atoms with Gasteiger partial charge < -0.3 is 19.9 Å². The van der Waals surface area contributed by atoms with Gasteiger partial charge in [0.15, 0.2) is 5.11 Å². The van der Waals surface area contributed by atoms with Crippen molar-refractivity contribution in [1.29, 1.82) is 0 Å². The number of rotatable bonds is 6. The Kier molecular flexibility index (Phi) is 8.77. The number of hydrogen-bond donors (Lipinski definition) is 2. The molecular formula is C28H27ClN4O3S. The van der Waals surface area contributed by atoms with Crippen LogP contribution in [0.15, 0.2) is 78.9 Å². The summed E-state index contributed by atoms with van der Waals surface area (Å²) >= 11 is 11.9. The quantitative estimate of drug-likeness (QED) is 0.348. The number of nitrogens with zero attached hydrogens (tertiary/aromatic N) is 2. The topological polar surface area (TPSA) is 73.9 Å². The number of nitrogens with one attached hydrogen (secondary N) is 2. The van der Waals surface area contributed by atoms with E-state index >= 15 is 0 Å². The van der Waals surface area contributed by atoms with Crippen molar-refractivity contribution in [3.05, 3.63) is 95.0 Å². The zero-order chi connectivity index (χ0) is 26.2. The van der Waals surface area contributed by atoms with Crippen LogP contribution in [0, 0.1) is 0 Å². The number of carbonyl (C=O) groups is 2. The Bertz CT molecular complexity index is 1290. The maximum absolute atomic E-state index is 12.6. The smallest absolute Gasteiger partial charge is 0.257 e. The van der Waals surface area contributed by atoms with Gasteiger partial charge in [-0.3, -0.25) is 14.9 Å². The van der Waals surface area contributed by atoms with Crippen LogP contribution in [0.4, 0.5) is 11.4 Å². The molecule has 190 valence electrons. The van der Waals surface area contributed by atoms with Crippen LogP contribution in [0.2, 0.25) is 5.02 Å². The number of ether oxygens (including phenoxy) is 1. The van der Waals surface area contributed by atoms with Gasteiger partial charge in [-0.15, -0.1) is 0 Å². The average molecular weight is 535 g/mol. The molecule has 1 aliphatic rings. The summed E-state index contributed by atoms with van der Waals surface area (Å²) in [6, 6.07) is 22.0. The predicted molar refractivity (Wildman–Crippen MR) is 152 cm³/mol. The van der Waals surface area contributed by atoms with Crippen LogP contribution < -0.4 is 20.3 Å². The van der Waals surface area contributed by atoms with Crippen molar-refractivity contribution in [2.45, 2.75) is 0 Å². The van der Waals surface area contributed by atoms with Crippen molar-refractivity contribution < 1.29 is 14.3 Å². The Labute approximate surface area is 226 Å². The summed E-state index contributed by atoms with van der Waals surface area (Å²) in [5, 5.41) is 6.38. The molecule has 37 heavy (non-hydrogen) atoms. The van der Waals surface area contributed by atoms with Gasteiger partial charge in [-0.25, -0.2) is 0 Å². The molecule has 2 amide bonds. The number of methoxy groups -OCH3 is 1. The Morgan fingerprint density at radius 2 is 1.68 bits per heavy atom. The summed E-state index contributed by atoms with van der Waals surface area (Å²) in [5.74, 6) is 0.341. The fourth-order valence-corrected chi connectivity index (χ4v) is 4.44. The minimum Gasteiger partial charge on any atom is -0.497 e. The van der Waals surface area contributed by atoms with Gasteiger partial charge in [-0.2, -0.15) is 0 Å². The van der Waals surface area contributed by atoms with Gasteiger partial charge in [-0.05, 0) is 66.3 Å². The minimum absolute atomic E-state index is 0.000604. The average Bonchev–Trinajstić information content (AvgIpc) is 2.92. The minimum atomic E-state index is -0.325. The molecule has 2 N–H and O–H groups in total. The van der Waals surface area contributed by atoms with Gasteiger partial charge in [0.25, 0.3) is 5.91 Å². The summed E-state index contributed by atoms with van der Waals surface area (Å²) in [6.07, 6.45) is 3.45. The Morgan fingerprint density at radius 3 is 2.32 bits per heavy atom. The van der Waals surface area contributed by atoms with Crippen molar-refractivity contribution in [1.82, 2.24) is 10.2 Å². The molecule has 1 aliphatic heterocycles. The number of piperazine rings is 1. The van der Waals surface area contributed by atoms with Gasteiger partial charge in [0.05, 0.1) is 17.8 Å². The van der Waals surface area contributed by atoms with Gasteiger partial charge in [0, 0.05) is 43.5 Å². The summed E-state index contributed by atoms with van der Waals surface area (Å²) in [4.78, 5) is 29.0. The number of hydrogen-bond acceptors (Lipinski definition) is 5. The second-order valence-electron chi connectivity index (χ2n) is 8.36. The highest BCUT2D eigenvalue weighted by atomic mass is 35.5. The van der Waals surface area contributed by atoms with Crippen molar-refractivity contribution in [3.63, 3.8) is 0 Å². The van der Waals surface area contributed by atoms with Gasteiger partial charge in [0.1, 0.15) is 5.75 Å². The van der Waals surface area contributed by atoms with Crippen molar-refractivity contribution in [2.24, 2.45) is 0 Å². The highest BCUT2D eigenvalue weighted by Crippen LogP contribution is 2.29. The number of amides is 2. The Morgan fingerprint density at radius 1 is 0.973 bits per heavy atom. The fourth-order valence-electron chi connectivity index (χ4n) is 3.93. The zero-order valence-corrected chi connectivity index (χ0v) is 21.9. The zero-order valence-electron chi connectivity index (χ0n) is 20.3. The lowest BCUT2D eigenvalue weighted by Gasteiger charge is -2.36. The van der Waals surface area contributed by atoms with Crippen molar-refractivity contribution in [3.8, 4) is 5.75 Å². The van der Waals surface area contributed by atoms with Gasteiger partial charge in [0.2, 0.25) is 5.91 Å². The molecular weight excluding hydrogens is 508 g/mol. The molecule has 0 spiro atoms. The Hall–Kier alpha value is -3.88. The van der Waals surface area contributed by atoms with Crippen LogP contribution in [-0.4, -0.2) is 55.1 Å². The molecule has 0 saturated carbocycles. The van der Waals surface area contributed by atoms with Crippen LogP contribution in [0.3, 0.4) is 0 Å². The second kappa shape index (κ2) is 12.4. The first kappa shape index (κ1) is 26.2. The first-order valence-corrected chi connectivity index (χ1v) is 12.5. The molecule has 9 heteroatoms. The molecule has 0 radical (unpaired) electrons. The third-order valence-corrected chi connectivity index (χ3v) is 6.44. The molecule has 7 nitrogen and oxygen atoms in total. The SMILES string of the molecule is COc1ccc(C(=O)NC(=S)Nc2ccc(N3CCN(C(=O)/C=C/c4ccccc4)CC3)c(Cl)c2)cc1. The number of thiocarbonyl (C=S) groups is 1. The first-order valence-electron chi connectivity index (χ1n) is 11.8. The maximum atomic E-state index is 12.6. The van der Waals surface area contributed by atoms with E-state index in [1.54, 1.807) is 43.5 Å². The van der Waals surface area contributed by atoms with Crippen LogP contribution in [0.1, 0.15) is 15.9 Å². The van der Waals surface area contributed by atoms with E-state index in [4.69, 9.17) is 28.6 Å². The number of anilines is 2. The third kappa shape index (κ3) is 7.09. The lowest BCUT2D eigenvalue weighted by Crippen LogP contribution is -2.48.